The summed E-state index contributed by atoms with van der Waals surface area (Å²) in [7, 11) is 0. The van der Waals surface area contributed by atoms with Crippen LogP contribution in [0.3, 0.4) is 0 Å². The molecule has 238 valence electrons. The Labute approximate surface area is 281 Å². The molecule has 7 nitrogen and oxygen atoms in total. The maximum absolute atomic E-state index is 14.2. The molecule has 0 amide bonds. The van der Waals surface area contributed by atoms with Crippen molar-refractivity contribution in [3.8, 4) is 11.5 Å². The molecular formula is C36H34Cl2N2O5S. The van der Waals surface area contributed by atoms with Gasteiger partial charge >= 0.3 is 5.97 Å². The number of fused-ring (bicyclic) bond motifs is 1. The van der Waals surface area contributed by atoms with E-state index in [4.69, 9.17) is 42.4 Å². The first-order chi connectivity index (χ1) is 22.1. The number of hydrogen-bond acceptors (Lipinski definition) is 7. The van der Waals surface area contributed by atoms with Gasteiger partial charge in [0.25, 0.3) is 5.56 Å². The Bertz CT molecular complexity index is 2010. The second-order valence-electron chi connectivity index (χ2n) is 10.9. The zero-order valence-corrected chi connectivity index (χ0v) is 28.3. The summed E-state index contributed by atoms with van der Waals surface area (Å²) >= 11 is 13.6. The highest BCUT2D eigenvalue weighted by molar-refractivity contribution is 7.07. The zero-order valence-electron chi connectivity index (χ0n) is 26.0. The highest BCUT2D eigenvalue weighted by Crippen LogP contribution is 2.36. The van der Waals surface area contributed by atoms with E-state index in [0.29, 0.717) is 54.1 Å². The van der Waals surface area contributed by atoms with Gasteiger partial charge in [0.2, 0.25) is 0 Å². The fourth-order valence-corrected chi connectivity index (χ4v) is 6.75. The lowest BCUT2D eigenvalue weighted by molar-refractivity contribution is -0.139. The smallest absolute Gasteiger partial charge is 0.338 e. The maximum Gasteiger partial charge on any atom is 0.338 e. The number of para-hydroxylation sites is 1. The molecule has 2 heterocycles. The Morgan fingerprint density at radius 2 is 1.87 bits per heavy atom. The summed E-state index contributed by atoms with van der Waals surface area (Å²) in [6, 6.07) is 17.7. The van der Waals surface area contributed by atoms with E-state index in [-0.39, 0.29) is 24.9 Å². The van der Waals surface area contributed by atoms with E-state index in [1.807, 2.05) is 68.5 Å². The number of thiazole rings is 1. The third kappa shape index (κ3) is 7.15. The number of aromatic nitrogens is 1. The van der Waals surface area contributed by atoms with E-state index in [2.05, 4.69) is 6.58 Å². The van der Waals surface area contributed by atoms with Gasteiger partial charge in [-0.1, -0.05) is 70.9 Å². The van der Waals surface area contributed by atoms with Gasteiger partial charge in [0.15, 0.2) is 4.80 Å². The molecule has 0 saturated heterocycles. The van der Waals surface area contributed by atoms with Crippen LogP contribution in [0.2, 0.25) is 10.0 Å². The number of carbonyl (C=O) groups is 1. The van der Waals surface area contributed by atoms with E-state index < -0.39 is 12.0 Å². The van der Waals surface area contributed by atoms with Crippen molar-refractivity contribution in [3.63, 3.8) is 0 Å². The molecule has 0 bridgehead atoms. The van der Waals surface area contributed by atoms with Crippen LogP contribution in [-0.4, -0.2) is 23.2 Å². The summed E-state index contributed by atoms with van der Waals surface area (Å²) in [5.41, 5.74) is 3.72. The molecule has 0 saturated carbocycles. The zero-order chi connectivity index (χ0) is 33.0. The van der Waals surface area contributed by atoms with Crippen molar-refractivity contribution < 1.29 is 19.0 Å². The molecule has 1 aliphatic rings. The van der Waals surface area contributed by atoms with Crippen molar-refractivity contribution in [1.82, 2.24) is 4.57 Å². The molecule has 10 heteroatoms. The predicted molar refractivity (Wildman–Crippen MR) is 184 cm³/mol. The molecular weight excluding hydrogens is 643 g/mol. The lowest BCUT2D eigenvalue weighted by atomic mass is 9.95. The van der Waals surface area contributed by atoms with Crippen LogP contribution in [0.15, 0.2) is 94.4 Å². The fraction of sp³-hybridized carbons (Fsp3) is 0.250. The third-order valence-corrected chi connectivity index (χ3v) is 8.81. The van der Waals surface area contributed by atoms with E-state index in [0.717, 1.165) is 16.7 Å². The van der Waals surface area contributed by atoms with Gasteiger partial charge < -0.3 is 14.2 Å². The Balaban J connectivity index is 1.58. The van der Waals surface area contributed by atoms with E-state index in [1.165, 1.54) is 11.3 Å². The number of nitrogens with zero attached hydrogens (tertiary/aromatic N) is 2. The molecule has 0 fully saturated rings. The Morgan fingerprint density at radius 1 is 1.09 bits per heavy atom. The number of allylic oxidation sites excluding steroid dienone is 2. The average molecular weight is 678 g/mol. The third-order valence-electron chi connectivity index (χ3n) is 7.24. The van der Waals surface area contributed by atoms with Gasteiger partial charge in [0.05, 0.1) is 28.5 Å². The SMILES string of the molecule is C=CCc1cc(/C=c2/sc3n(c2=O)[C@H](c2ccccc2OC(C)C)C(C(=O)OCC)=C(C)N=3)ccc1OCc1ccc(Cl)cc1Cl. The number of hydrogen-bond donors (Lipinski definition) is 0. The molecule has 46 heavy (non-hydrogen) atoms. The first kappa shape index (κ1) is 33.3. The number of carbonyl (C=O) groups excluding carboxylic acids is 1. The van der Waals surface area contributed by atoms with Crippen LogP contribution in [0, 0.1) is 0 Å². The number of ether oxygens (including phenoxy) is 3. The average Bonchev–Trinajstić information content (AvgIpc) is 3.31. The number of esters is 1. The maximum atomic E-state index is 14.2. The van der Waals surface area contributed by atoms with Gasteiger partial charge in [0, 0.05) is 21.2 Å². The molecule has 0 aliphatic carbocycles. The molecule has 1 aromatic heterocycles. The lowest BCUT2D eigenvalue weighted by Gasteiger charge is -2.26. The highest BCUT2D eigenvalue weighted by Gasteiger charge is 2.35. The summed E-state index contributed by atoms with van der Waals surface area (Å²) in [4.78, 5) is 32.7. The standard InChI is InChI=1S/C36H34Cl2N2O5S/c1-6-10-24-17-23(13-16-29(24)44-20-25-14-15-26(37)19-28(25)38)18-31-34(41)40-33(27-11-8-9-12-30(27)45-21(3)4)32(35(42)43-7-2)22(5)39-36(40)46-31/h6,8-9,11-19,21,33H,1,7,10,20H2,2-5H3/b31-18+/t33-/m1/s1. The van der Waals surface area contributed by atoms with Crippen LogP contribution in [0.4, 0.5) is 0 Å². The quantitative estimate of drug-likeness (QED) is 0.124. The van der Waals surface area contributed by atoms with E-state index in [9.17, 15) is 9.59 Å². The highest BCUT2D eigenvalue weighted by atomic mass is 35.5. The normalized spacial score (nSPS) is 14.6. The van der Waals surface area contributed by atoms with Crippen molar-refractivity contribution in [3.05, 3.63) is 137 Å². The van der Waals surface area contributed by atoms with Crippen molar-refractivity contribution in [2.24, 2.45) is 4.99 Å². The van der Waals surface area contributed by atoms with Gasteiger partial charge in [-0.2, -0.15) is 0 Å². The Hall–Kier alpha value is -4.11. The number of rotatable bonds is 11. The molecule has 0 radical (unpaired) electrons. The molecule has 0 unspecified atom stereocenters. The number of benzene rings is 3. The van der Waals surface area contributed by atoms with E-state index in [1.54, 1.807) is 36.6 Å². The van der Waals surface area contributed by atoms with Gasteiger partial charge in [-0.25, -0.2) is 9.79 Å². The van der Waals surface area contributed by atoms with Crippen LogP contribution >= 0.6 is 34.5 Å². The summed E-state index contributed by atoms with van der Waals surface area (Å²) in [6.07, 6.45) is 4.06. The lowest BCUT2D eigenvalue weighted by Crippen LogP contribution is -2.40. The predicted octanol–water partition coefficient (Wildman–Crippen LogP) is 7.20. The summed E-state index contributed by atoms with van der Waals surface area (Å²) < 4.78 is 19.7. The van der Waals surface area contributed by atoms with Crippen LogP contribution in [-0.2, 0) is 22.6 Å². The second kappa shape index (κ2) is 14.5. The summed E-state index contributed by atoms with van der Waals surface area (Å²) in [5, 5.41) is 1.09. The monoisotopic (exact) mass is 676 g/mol. The van der Waals surface area contributed by atoms with Crippen LogP contribution in [0.25, 0.3) is 6.08 Å². The second-order valence-corrected chi connectivity index (χ2v) is 12.7. The Kier molecular flexibility index (Phi) is 10.5. The molecule has 1 aliphatic heterocycles. The number of halogens is 2. The molecule has 5 rings (SSSR count). The molecule has 0 spiro atoms. The van der Waals surface area contributed by atoms with Crippen molar-refractivity contribution in [1.29, 1.82) is 0 Å². The van der Waals surface area contributed by atoms with E-state index >= 15 is 0 Å². The largest absolute Gasteiger partial charge is 0.491 e. The molecule has 1 atom stereocenters. The summed E-state index contributed by atoms with van der Waals surface area (Å²) in [5.74, 6) is 0.742. The van der Waals surface area contributed by atoms with Crippen molar-refractivity contribution >= 4 is 46.6 Å². The first-order valence-corrected chi connectivity index (χ1v) is 16.4. The minimum atomic E-state index is -0.779. The Morgan fingerprint density at radius 3 is 2.59 bits per heavy atom. The first-order valence-electron chi connectivity index (χ1n) is 14.9. The fourth-order valence-electron chi connectivity index (χ4n) is 5.24. The minimum absolute atomic E-state index is 0.118. The van der Waals surface area contributed by atoms with Crippen molar-refractivity contribution in [2.45, 2.75) is 52.9 Å². The van der Waals surface area contributed by atoms with Crippen LogP contribution in [0.1, 0.15) is 56.0 Å². The minimum Gasteiger partial charge on any atom is -0.491 e. The molecule has 0 N–H and O–H groups in total. The summed E-state index contributed by atoms with van der Waals surface area (Å²) in [6.45, 7) is 11.7. The molecule has 3 aromatic carbocycles. The van der Waals surface area contributed by atoms with Crippen LogP contribution in [0.5, 0.6) is 11.5 Å². The molecule has 4 aromatic rings. The van der Waals surface area contributed by atoms with Crippen molar-refractivity contribution in [2.75, 3.05) is 6.61 Å². The van der Waals surface area contributed by atoms with Crippen LogP contribution < -0.4 is 24.4 Å². The van der Waals surface area contributed by atoms with Gasteiger partial charge in [-0.3, -0.25) is 9.36 Å². The van der Waals surface area contributed by atoms with Gasteiger partial charge in [-0.05, 0) is 81.7 Å². The topological polar surface area (TPSA) is 79.1 Å². The van der Waals surface area contributed by atoms with Gasteiger partial charge in [0.1, 0.15) is 24.1 Å². The van der Waals surface area contributed by atoms with Gasteiger partial charge in [-0.15, -0.1) is 6.58 Å².